The van der Waals surface area contributed by atoms with Crippen molar-refractivity contribution in [1.82, 2.24) is 14.5 Å². The van der Waals surface area contributed by atoms with Crippen molar-refractivity contribution in [3.05, 3.63) is 99.7 Å². The molecule has 0 saturated heterocycles. The summed E-state index contributed by atoms with van der Waals surface area (Å²) in [6.45, 7) is 3.12. The summed E-state index contributed by atoms with van der Waals surface area (Å²) < 4.78 is 12.7. The topological polar surface area (TPSA) is 73.7 Å². The fourth-order valence-electron chi connectivity index (χ4n) is 4.32. The van der Waals surface area contributed by atoms with Gasteiger partial charge in [0.25, 0.3) is 5.56 Å². The predicted octanol–water partition coefficient (Wildman–Crippen LogP) is 3.61. The molecular formula is C28H31N3O4. The summed E-state index contributed by atoms with van der Waals surface area (Å²) >= 11 is 0. The molecule has 1 aliphatic rings. The number of carbonyl (C=O) groups is 1. The molecule has 3 aromatic rings. The Balaban J connectivity index is 1.46. The van der Waals surface area contributed by atoms with E-state index in [0.29, 0.717) is 36.6 Å². The van der Waals surface area contributed by atoms with Crippen molar-refractivity contribution >= 4 is 12.0 Å². The smallest absolute Gasteiger partial charge is 0.343 e. The lowest BCUT2D eigenvalue weighted by atomic mass is 10.1. The van der Waals surface area contributed by atoms with E-state index in [1.165, 1.54) is 13.2 Å². The fourth-order valence-corrected chi connectivity index (χ4v) is 4.32. The Hall–Kier alpha value is -3.71. The molecule has 0 spiro atoms. The van der Waals surface area contributed by atoms with Crippen LogP contribution in [0.1, 0.15) is 33.6 Å². The van der Waals surface area contributed by atoms with Crippen LogP contribution in [0.15, 0.2) is 71.8 Å². The summed E-state index contributed by atoms with van der Waals surface area (Å²) in [7, 11) is 1.36. The first-order valence-electron chi connectivity index (χ1n) is 12.0. The standard InChI is InChI=1S/C28H31N3O4/c1-34-28(33)27-24-13-16-30(15-6-11-22-8-3-2-4-9-22)17-18-31(24)26(32)20-25(27)35-19-7-12-23-10-5-14-29-21-23/h2-6,8-11,14,20-21H,7,12-13,15-19H2,1H3/b11-6+. The number of hydrogen-bond donors (Lipinski definition) is 0. The van der Waals surface area contributed by atoms with Gasteiger partial charge in [0.1, 0.15) is 11.3 Å². The van der Waals surface area contributed by atoms with E-state index in [-0.39, 0.29) is 5.56 Å². The second kappa shape index (κ2) is 12.1. The van der Waals surface area contributed by atoms with E-state index in [9.17, 15) is 9.59 Å². The molecular weight excluding hydrogens is 442 g/mol. The lowest BCUT2D eigenvalue weighted by molar-refractivity contribution is 0.0593. The summed E-state index contributed by atoms with van der Waals surface area (Å²) in [6.07, 6.45) is 9.91. The van der Waals surface area contributed by atoms with Gasteiger partial charge in [-0.15, -0.1) is 0 Å². The third-order valence-corrected chi connectivity index (χ3v) is 6.14. The first-order valence-corrected chi connectivity index (χ1v) is 12.0. The van der Waals surface area contributed by atoms with Crippen LogP contribution < -0.4 is 10.3 Å². The number of fused-ring (bicyclic) bond motifs is 1. The van der Waals surface area contributed by atoms with Crippen LogP contribution in [0.25, 0.3) is 6.08 Å². The van der Waals surface area contributed by atoms with Crippen molar-refractivity contribution in [1.29, 1.82) is 0 Å². The highest BCUT2D eigenvalue weighted by Crippen LogP contribution is 2.24. The fraction of sp³-hybridized carbons (Fsp3) is 0.321. The third-order valence-electron chi connectivity index (χ3n) is 6.14. The van der Waals surface area contributed by atoms with Crippen molar-refractivity contribution in [2.24, 2.45) is 0 Å². The average molecular weight is 474 g/mol. The molecule has 7 heteroatoms. The monoisotopic (exact) mass is 473 g/mol. The summed E-state index contributed by atoms with van der Waals surface area (Å²) in [5.41, 5.74) is 3.15. The number of nitrogens with zero attached hydrogens (tertiary/aromatic N) is 3. The molecule has 3 heterocycles. The molecule has 1 aliphatic heterocycles. The quantitative estimate of drug-likeness (QED) is 0.349. The highest BCUT2D eigenvalue weighted by Gasteiger charge is 2.25. The summed E-state index contributed by atoms with van der Waals surface area (Å²) in [6, 6.07) is 15.5. The maximum absolute atomic E-state index is 13.0. The summed E-state index contributed by atoms with van der Waals surface area (Å²) in [5.74, 6) is -0.176. The second-order valence-corrected chi connectivity index (χ2v) is 8.49. The minimum Gasteiger partial charge on any atom is -0.492 e. The number of methoxy groups -OCH3 is 1. The number of aryl methyl sites for hydroxylation is 1. The minimum atomic E-state index is -0.478. The van der Waals surface area contributed by atoms with Gasteiger partial charge in [0.2, 0.25) is 0 Å². The van der Waals surface area contributed by atoms with Gasteiger partial charge in [-0.05, 0) is 30.0 Å². The molecule has 7 nitrogen and oxygen atoms in total. The van der Waals surface area contributed by atoms with Gasteiger partial charge in [-0.1, -0.05) is 48.6 Å². The molecule has 1 aromatic carbocycles. The SMILES string of the molecule is COC(=O)c1c(OCCCc2cccnc2)cc(=O)n2c1CCN(C/C=C/c1ccccc1)CC2. The van der Waals surface area contributed by atoms with Crippen molar-refractivity contribution < 1.29 is 14.3 Å². The van der Waals surface area contributed by atoms with E-state index in [2.05, 4.69) is 34.2 Å². The van der Waals surface area contributed by atoms with Gasteiger partial charge < -0.3 is 14.0 Å². The Morgan fingerprint density at radius 1 is 1.11 bits per heavy atom. The number of hydrogen-bond acceptors (Lipinski definition) is 6. The van der Waals surface area contributed by atoms with Crippen LogP contribution in [-0.4, -0.2) is 53.8 Å². The van der Waals surface area contributed by atoms with E-state index in [1.54, 1.807) is 10.8 Å². The van der Waals surface area contributed by atoms with Gasteiger partial charge >= 0.3 is 5.97 Å². The molecule has 4 rings (SSSR count). The normalized spacial score (nSPS) is 13.9. The number of esters is 1. The van der Waals surface area contributed by atoms with Crippen LogP contribution in [0.5, 0.6) is 5.75 Å². The molecule has 0 atom stereocenters. The van der Waals surface area contributed by atoms with Crippen molar-refractivity contribution in [3.63, 3.8) is 0 Å². The first kappa shape index (κ1) is 24.4. The largest absolute Gasteiger partial charge is 0.492 e. The van der Waals surface area contributed by atoms with Crippen molar-refractivity contribution in [2.75, 3.05) is 33.4 Å². The van der Waals surface area contributed by atoms with Crippen LogP contribution in [0.4, 0.5) is 0 Å². The van der Waals surface area contributed by atoms with Crippen LogP contribution >= 0.6 is 0 Å². The maximum atomic E-state index is 13.0. The number of pyridine rings is 2. The van der Waals surface area contributed by atoms with Gasteiger partial charge in [-0.3, -0.25) is 14.7 Å². The molecule has 35 heavy (non-hydrogen) atoms. The zero-order valence-electron chi connectivity index (χ0n) is 20.1. The number of benzene rings is 1. The van der Waals surface area contributed by atoms with Gasteiger partial charge in [-0.25, -0.2) is 4.79 Å². The third kappa shape index (κ3) is 6.45. The van der Waals surface area contributed by atoms with Crippen LogP contribution in [-0.2, 0) is 24.1 Å². The number of aromatic nitrogens is 2. The number of ether oxygens (including phenoxy) is 2. The predicted molar refractivity (Wildman–Crippen MR) is 136 cm³/mol. The van der Waals surface area contributed by atoms with Crippen LogP contribution in [0.3, 0.4) is 0 Å². The zero-order valence-corrected chi connectivity index (χ0v) is 20.1. The van der Waals surface area contributed by atoms with Gasteiger partial charge in [-0.2, -0.15) is 0 Å². The van der Waals surface area contributed by atoms with E-state index >= 15 is 0 Å². The molecule has 0 unspecified atom stereocenters. The van der Waals surface area contributed by atoms with Gasteiger partial charge in [0.05, 0.1) is 13.7 Å². The number of rotatable bonds is 9. The van der Waals surface area contributed by atoms with E-state index in [1.807, 2.05) is 36.5 Å². The molecule has 0 amide bonds. The first-order chi connectivity index (χ1) is 17.2. The van der Waals surface area contributed by atoms with Crippen molar-refractivity contribution in [2.45, 2.75) is 25.8 Å². The molecule has 0 N–H and O–H groups in total. The Morgan fingerprint density at radius 3 is 2.74 bits per heavy atom. The second-order valence-electron chi connectivity index (χ2n) is 8.49. The molecule has 0 fully saturated rings. The van der Waals surface area contributed by atoms with Gasteiger partial charge in [0, 0.05) is 56.8 Å². The zero-order chi connectivity index (χ0) is 24.5. The summed E-state index contributed by atoms with van der Waals surface area (Å²) in [4.78, 5) is 32.1. The summed E-state index contributed by atoms with van der Waals surface area (Å²) in [5, 5.41) is 0. The Kier molecular flexibility index (Phi) is 8.46. The highest BCUT2D eigenvalue weighted by atomic mass is 16.5. The van der Waals surface area contributed by atoms with Crippen molar-refractivity contribution in [3.8, 4) is 5.75 Å². The highest BCUT2D eigenvalue weighted by molar-refractivity contribution is 5.93. The molecule has 2 aromatic heterocycles. The van der Waals surface area contributed by atoms with Crippen LogP contribution in [0.2, 0.25) is 0 Å². The van der Waals surface area contributed by atoms with E-state index < -0.39 is 5.97 Å². The minimum absolute atomic E-state index is 0.156. The maximum Gasteiger partial charge on any atom is 0.343 e. The lowest BCUT2D eigenvalue weighted by Crippen LogP contribution is -2.29. The molecule has 0 radical (unpaired) electrons. The molecule has 0 aliphatic carbocycles. The number of carbonyl (C=O) groups excluding carboxylic acids is 1. The Labute approximate surface area is 205 Å². The Morgan fingerprint density at radius 2 is 1.97 bits per heavy atom. The van der Waals surface area contributed by atoms with Crippen LogP contribution in [0, 0.1) is 0 Å². The lowest BCUT2D eigenvalue weighted by Gasteiger charge is -2.17. The van der Waals surface area contributed by atoms with Gasteiger partial charge in [0.15, 0.2) is 0 Å². The Bertz CT molecular complexity index is 1210. The van der Waals surface area contributed by atoms with E-state index in [0.717, 1.165) is 43.6 Å². The average Bonchev–Trinajstić information content (AvgIpc) is 3.11. The molecule has 0 saturated carbocycles. The van der Waals surface area contributed by atoms with E-state index in [4.69, 9.17) is 9.47 Å². The molecule has 0 bridgehead atoms. The molecule has 182 valence electrons.